The van der Waals surface area contributed by atoms with Crippen LogP contribution < -0.4 is 5.73 Å². The Morgan fingerprint density at radius 2 is 2.21 bits per heavy atom. The van der Waals surface area contributed by atoms with Gasteiger partial charge < -0.3 is 5.73 Å². The van der Waals surface area contributed by atoms with Crippen molar-refractivity contribution in [3.63, 3.8) is 0 Å². The molecule has 0 amide bonds. The number of aryl methyl sites for hydroxylation is 2. The molecule has 0 aliphatic carbocycles. The van der Waals surface area contributed by atoms with Gasteiger partial charge in [-0.25, -0.2) is 4.39 Å². The predicted octanol–water partition coefficient (Wildman–Crippen LogP) is 3.25. The monoisotopic (exact) mass is 281 g/mol. The first kappa shape index (κ1) is 14.0. The van der Waals surface area contributed by atoms with E-state index < -0.39 is 11.9 Å². The highest BCUT2D eigenvalue weighted by molar-refractivity contribution is 6.30. The largest absolute Gasteiger partial charge is 0.324 e. The molecule has 0 spiro atoms. The Balaban J connectivity index is 2.25. The molecule has 0 saturated carbocycles. The summed E-state index contributed by atoms with van der Waals surface area (Å²) in [5.41, 5.74) is 8.48. The topological polar surface area (TPSA) is 43.8 Å². The van der Waals surface area contributed by atoms with Crippen molar-refractivity contribution in [3.8, 4) is 0 Å². The van der Waals surface area contributed by atoms with Crippen LogP contribution in [0.4, 0.5) is 4.39 Å². The summed E-state index contributed by atoms with van der Waals surface area (Å²) < 4.78 is 15.8. The number of hydrogen-bond acceptors (Lipinski definition) is 2. The predicted molar refractivity (Wildman–Crippen MR) is 74.7 cm³/mol. The number of halogens is 2. The van der Waals surface area contributed by atoms with Gasteiger partial charge in [0.25, 0.3) is 0 Å². The van der Waals surface area contributed by atoms with Crippen molar-refractivity contribution in [3.05, 3.63) is 52.1 Å². The van der Waals surface area contributed by atoms with Gasteiger partial charge in [0.15, 0.2) is 0 Å². The van der Waals surface area contributed by atoms with E-state index in [2.05, 4.69) is 5.10 Å². The van der Waals surface area contributed by atoms with Crippen LogP contribution in [0.1, 0.15) is 29.9 Å². The summed E-state index contributed by atoms with van der Waals surface area (Å²) in [5, 5.41) is 4.46. The minimum Gasteiger partial charge on any atom is -0.324 e. The highest BCUT2D eigenvalue weighted by Gasteiger charge is 2.16. The van der Waals surface area contributed by atoms with E-state index in [1.807, 2.05) is 24.6 Å². The third kappa shape index (κ3) is 2.96. The molecule has 2 N–H and O–H groups in total. The van der Waals surface area contributed by atoms with E-state index in [4.69, 9.17) is 17.3 Å². The van der Waals surface area contributed by atoms with Gasteiger partial charge >= 0.3 is 0 Å². The van der Waals surface area contributed by atoms with Gasteiger partial charge in [-0.2, -0.15) is 5.10 Å². The van der Waals surface area contributed by atoms with Crippen LogP contribution in [0, 0.1) is 12.7 Å². The van der Waals surface area contributed by atoms with Gasteiger partial charge in [-0.1, -0.05) is 23.7 Å². The summed E-state index contributed by atoms with van der Waals surface area (Å²) in [6.45, 7) is 4.72. The molecule has 102 valence electrons. The van der Waals surface area contributed by atoms with Gasteiger partial charge in [0.1, 0.15) is 5.82 Å². The molecular formula is C14H17ClFN3. The fourth-order valence-electron chi connectivity index (χ4n) is 2.18. The van der Waals surface area contributed by atoms with Crippen molar-refractivity contribution in [1.29, 1.82) is 0 Å². The molecule has 0 radical (unpaired) electrons. The highest BCUT2D eigenvalue weighted by atomic mass is 35.5. The van der Waals surface area contributed by atoms with Crippen molar-refractivity contribution in [2.45, 2.75) is 32.9 Å². The van der Waals surface area contributed by atoms with Crippen LogP contribution in [0.3, 0.4) is 0 Å². The molecule has 1 atom stereocenters. The fourth-order valence-corrected chi connectivity index (χ4v) is 2.36. The summed E-state index contributed by atoms with van der Waals surface area (Å²) in [6.07, 6.45) is 0.534. The normalized spacial score (nSPS) is 12.7. The molecule has 5 heteroatoms. The van der Waals surface area contributed by atoms with Crippen LogP contribution in [0.5, 0.6) is 0 Å². The number of rotatable bonds is 4. The Labute approximate surface area is 117 Å². The van der Waals surface area contributed by atoms with Crippen molar-refractivity contribution in [2.24, 2.45) is 5.73 Å². The zero-order valence-corrected chi connectivity index (χ0v) is 11.8. The number of benzene rings is 1. The van der Waals surface area contributed by atoms with E-state index >= 15 is 0 Å². The Morgan fingerprint density at radius 3 is 2.89 bits per heavy atom. The van der Waals surface area contributed by atoms with Crippen molar-refractivity contribution in [1.82, 2.24) is 9.78 Å². The molecule has 0 fully saturated rings. The maximum Gasteiger partial charge on any atom is 0.146 e. The first-order valence-electron chi connectivity index (χ1n) is 6.25. The second kappa shape index (κ2) is 5.72. The SMILES string of the molecule is CCn1nc(C)cc1CC(N)c1cccc(Cl)c1F. The standard InChI is InChI=1S/C14H17ClFN3/c1-3-19-10(7-9(2)18-19)8-13(17)11-5-4-6-12(15)14(11)16/h4-7,13H,3,8,17H2,1-2H3. The molecule has 1 aromatic carbocycles. The minimum absolute atomic E-state index is 0.105. The molecule has 1 heterocycles. The number of nitrogens with two attached hydrogens (primary N) is 1. The van der Waals surface area contributed by atoms with Crippen LogP contribution in [-0.2, 0) is 13.0 Å². The molecule has 3 nitrogen and oxygen atoms in total. The molecule has 19 heavy (non-hydrogen) atoms. The summed E-state index contributed by atoms with van der Waals surface area (Å²) in [7, 11) is 0. The van der Waals surface area contributed by atoms with E-state index in [0.717, 1.165) is 17.9 Å². The lowest BCUT2D eigenvalue weighted by atomic mass is 10.0. The fraction of sp³-hybridized carbons (Fsp3) is 0.357. The van der Waals surface area contributed by atoms with Crippen molar-refractivity contribution in [2.75, 3.05) is 0 Å². The van der Waals surface area contributed by atoms with E-state index in [9.17, 15) is 4.39 Å². The van der Waals surface area contributed by atoms with Crippen LogP contribution >= 0.6 is 11.6 Å². The second-order valence-corrected chi connectivity index (χ2v) is 4.95. The third-order valence-corrected chi connectivity index (χ3v) is 3.39. The lowest BCUT2D eigenvalue weighted by Gasteiger charge is -2.14. The van der Waals surface area contributed by atoms with Gasteiger partial charge in [-0.15, -0.1) is 0 Å². The zero-order chi connectivity index (χ0) is 14.0. The van der Waals surface area contributed by atoms with Crippen molar-refractivity contribution < 1.29 is 4.39 Å². The van der Waals surface area contributed by atoms with Crippen molar-refractivity contribution >= 4 is 11.6 Å². The smallest absolute Gasteiger partial charge is 0.146 e. The summed E-state index contributed by atoms with van der Waals surface area (Å²) in [5.74, 6) is -0.434. The van der Waals surface area contributed by atoms with E-state index in [1.165, 1.54) is 6.07 Å². The molecular weight excluding hydrogens is 265 g/mol. The first-order valence-corrected chi connectivity index (χ1v) is 6.63. The molecule has 2 rings (SSSR count). The highest BCUT2D eigenvalue weighted by Crippen LogP contribution is 2.24. The lowest BCUT2D eigenvalue weighted by Crippen LogP contribution is -2.17. The molecule has 0 aliphatic heterocycles. The van der Waals surface area contributed by atoms with Gasteiger partial charge in [0.2, 0.25) is 0 Å². The van der Waals surface area contributed by atoms with Crippen LogP contribution in [-0.4, -0.2) is 9.78 Å². The summed E-state index contributed by atoms with van der Waals surface area (Å²) in [6, 6.07) is 6.45. The third-order valence-electron chi connectivity index (χ3n) is 3.10. The van der Waals surface area contributed by atoms with E-state index in [1.54, 1.807) is 12.1 Å². The van der Waals surface area contributed by atoms with Gasteiger partial charge in [0.05, 0.1) is 10.7 Å². The van der Waals surface area contributed by atoms with Gasteiger partial charge in [-0.3, -0.25) is 4.68 Å². The maximum absolute atomic E-state index is 13.9. The molecule has 0 aliphatic rings. The summed E-state index contributed by atoms with van der Waals surface area (Å²) in [4.78, 5) is 0. The number of nitrogens with zero attached hydrogens (tertiary/aromatic N) is 2. The average molecular weight is 282 g/mol. The molecule has 1 aromatic heterocycles. The Bertz CT molecular complexity index is 580. The minimum atomic E-state index is -0.434. The van der Waals surface area contributed by atoms with Crippen LogP contribution in [0.15, 0.2) is 24.3 Å². The van der Waals surface area contributed by atoms with Gasteiger partial charge in [-0.05, 0) is 26.0 Å². The van der Waals surface area contributed by atoms with E-state index in [-0.39, 0.29) is 5.02 Å². The average Bonchev–Trinajstić information content (AvgIpc) is 2.72. The zero-order valence-electron chi connectivity index (χ0n) is 11.0. The van der Waals surface area contributed by atoms with Crippen LogP contribution in [0.2, 0.25) is 5.02 Å². The molecule has 2 aromatic rings. The summed E-state index contributed by atoms with van der Waals surface area (Å²) >= 11 is 5.78. The molecule has 0 bridgehead atoms. The molecule has 1 unspecified atom stereocenters. The van der Waals surface area contributed by atoms with E-state index in [0.29, 0.717) is 12.0 Å². The Hall–Kier alpha value is -1.39. The number of hydrogen-bond donors (Lipinski definition) is 1. The quantitative estimate of drug-likeness (QED) is 0.935. The lowest BCUT2D eigenvalue weighted by molar-refractivity contribution is 0.555. The Morgan fingerprint density at radius 1 is 1.47 bits per heavy atom. The Kier molecular flexibility index (Phi) is 4.22. The molecule has 0 saturated heterocycles. The number of aromatic nitrogens is 2. The second-order valence-electron chi connectivity index (χ2n) is 4.55. The van der Waals surface area contributed by atoms with Gasteiger partial charge in [0, 0.05) is 30.3 Å². The first-order chi connectivity index (χ1) is 9.02. The van der Waals surface area contributed by atoms with Crippen LogP contribution in [0.25, 0.3) is 0 Å². The maximum atomic E-state index is 13.9.